The fourth-order valence-corrected chi connectivity index (χ4v) is 9.43. The van der Waals surface area contributed by atoms with E-state index in [1.807, 2.05) is 121 Å². The molecule has 1 aromatic heterocycles. The summed E-state index contributed by atoms with van der Waals surface area (Å²) in [7, 11) is 0. The van der Waals surface area contributed by atoms with Gasteiger partial charge in [0.15, 0.2) is 10.6 Å². The number of likely N-dealkylation sites (tertiary alicyclic amines) is 1. The van der Waals surface area contributed by atoms with Crippen LogP contribution in [0.3, 0.4) is 0 Å². The molecule has 10 nitrogen and oxygen atoms in total. The number of fused-ring (bicyclic) bond motifs is 1. The van der Waals surface area contributed by atoms with Gasteiger partial charge in [0.25, 0.3) is 5.91 Å². The minimum Gasteiger partial charge on any atom is -0.445 e. The zero-order chi connectivity index (χ0) is 39.3. The van der Waals surface area contributed by atoms with Crippen LogP contribution in [0.2, 0.25) is 0 Å². The van der Waals surface area contributed by atoms with Gasteiger partial charge >= 0.3 is 6.09 Å². The number of thiazole rings is 1. The number of nitrogens with one attached hydrogen (secondary N) is 1. The highest BCUT2D eigenvalue weighted by atomic mass is 32.2. The van der Waals surface area contributed by atoms with Gasteiger partial charge in [-0.25, -0.2) is 9.78 Å². The summed E-state index contributed by atoms with van der Waals surface area (Å²) in [6, 6.07) is 39.9. The first kappa shape index (κ1) is 38.5. The molecule has 5 unspecified atom stereocenters. The van der Waals surface area contributed by atoms with Crippen LogP contribution in [-0.4, -0.2) is 50.8 Å². The Labute approximate surface area is 338 Å². The molecule has 12 heteroatoms. The number of rotatable bonds is 12. The number of aliphatic hydroxyl groups is 1. The van der Waals surface area contributed by atoms with Gasteiger partial charge in [0, 0.05) is 17.2 Å². The lowest BCUT2D eigenvalue weighted by molar-refractivity contribution is -0.268. The van der Waals surface area contributed by atoms with Crippen molar-refractivity contribution in [3.63, 3.8) is 0 Å². The van der Waals surface area contributed by atoms with Gasteiger partial charge in [-0.3, -0.25) is 14.5 Å². The minimum atomic E-state index is -0.995. The maximum atomic E-state index is 13.4. The summed E-state index contributed by atoms with van der Waals surface area (Å²) >= 11 is 3.37. The molecule has 0 saturated carbocycles. The lowest BCUT2D eigenvalue weighted by Gasteiger charge is -2.41. The number of aliphatic hydroxyl groups excluding tert-OH is 1. The van der Waals surface area contributed by atoms with Crippen LogP contribution in [0, 0.1) is 5.92 Å². The zero-order valence-corrected chi connectivity index (χ0v) is 32.8. The Bertz CT molecular complexity index is 2320. The Morgan fingerprint density at radius 1 is 0.877 bits per heavy atom. The van der Waals surface area contributed by atoms with Gasteiger partial charge in [-0.05, 0) is 45.5 Å². The number of nitrogens with zero attached hydrogens (tertiary/aromatic N) is 2. The number of carbonyl (C=O) groups excluding carboxylic acids is 3. The van der Waals surface area contributed by atoms with E-state index in [4.69, 9.17) is 19.2 Å². The number of amides is 3. The van der Waals surface area contributed by atoms with Crippen LogP contribution in [-0.2, 0) is 43.6 Å². The van der Waals surface area contributed by atoms with E-state index < -0.39 is 24.3 Å². The molecule has 2 aliphatic rings. The molecule has 2 saturated heterocycles. The van der Waals surface area contributed by atoms with Gasteiger partial charge < -0.3 is 24.6 Å². The Morgan fingerprint density at radius 3 is 2.37 bits per heavy atom. The van der Waals surface area contributed by atoms with Crippen molar-refractivity contribution in [2.75, 3.05) is 5.75 Å². The first-order valence-electron chi connectivity index (χ1n) is 18.8. The number of carbonyl (C=O) groups is 3. The highest BCUT2D eigenvalue weighted by molar-refractivity contribution is 8.01. The monoisotopic (exact) mass is 799 g/mol. The van der Waals surface area contributed by atoms with Crippen molar-refractivity contribution in [2.45, 2.75) is 62.0 Å². The lowest BCUT2D eigenvalue weighted by Crippen LogP contribution is -2.41. The van der Waals surface area contributed by atoms with Gasteiger partial charge in [-0.1, -0.05) is 134 Å². The maximum absolute atomic E-state index is 13.4. The molecule has 3 amide bonds. The summed E-state index contributed by atoms with van der Waals surface area (Å²) in [5.41, 5.74) is 7.07. The number of hydrogen-bond donors (Lipinski definition) is 2. The number of benzene rings is 5. The van der Waals surface area contributed by atoms with Crippen molar-refractivity contribution in [3.05, 3.63) is 155 Å². The molecule has 0 bridgehead atoms. The average molecular weight is 800 g/mol. The third-order valence-electron chi connectivity index (χ3n) is 10.4. The SMILES string of the molecule is CC1C(CSc2nc3ccccc3s2)OC(c2ccc(-c3ccccc3CN3C(=O)CC(NC(=O)OCc4ccccc4)C3=O)cc2)OC1c1ccc(CO)cc1. The molecule has 5 atom stereocenters. The van der Waals surface area contributed by atoms with Crippen LogP contribution in [0.15, 0.2) is 132 Å². The van der Waals surface area contributed by atoms with Crippen LogP contribution < -0.4 is 5.32 Å². The van der Waals surface area contributed by atoms with Crippen molar-refractivity contribution in [2.24, 2.45) is 5.92 Å². The van der Waals surface area contributed by atoms with E-state index in [2.05, 4.69) is 18.3 Å². The first-order valence-corrected chi connectivity index (χ1v) is 20.6. The lowest BCUT2D eigenvalue weighted by atomic mass is 9.91. The number of hydrogen-bond acceptors (Lipinski definition) is 10. The second kappa shape index (κ2) is 17.4. The van der Waals surface area contributed by atoms with Crippen molar-refractivity contribution >= 4 is 51.2 Å². The number of ether oxygens (including phenoxy) is 3. The molecule has 8 rings (SSSR count). The maximum Gasteiger partial charge on any atom is 0.408 e. The van der Waals surface area contributed by atoms with E-state index in [0.29, 0.717) is 5.75 Å². The van der Waals surface area contributed by atoms with Gasteiger partial charge in [0.1, 0.15) is 12.6 Å². The highest BCUT2D eigenvalue weighted by Gasteiger charge is 2.41. The standard InChI is InChI=1S/C45H41N3O7S2/c1-28-38(27-56-45-47-36-13-7-8-14-39(36)57-45)54-43(55-41(28)32-17-15-29(25-49)16-18-32)33-21-19-31(20-22-33)35-12-6-5-11-34(35)24-48-40(50)23-37(42(48)51)46-44(52)53-26-30-9-3-2-4-10-30/h2-22,28,37-38,41,43,49H,23-27H2,1H3,(H,46,52). The van der Waals surface area contributed by atoms with Gasteiger partial charge in [-0.2, -0.15) is 0 Å². The van der Waals surface area contributed by atoms with Crippen LogP contribution in [0.5, 0.6) is 0 Å². The summed E-state index contributed by atoms with van der Waals surface area (Å²) in [5, 5.41) is 12.2. The van der Waals surface area contributed by atoms with E-state index in [9.17, 15) is 19.5 Å². The summed E-state index contributed by atoms with van der Waals surface area (Å²) in [6.07, 6.45) is -1.93. The molecule has 6 aromatic rings. The van der Waals surface area contributed by atoms with Crippen molar-refractivity contribution in [3.8, 4) is 11.1 Å². The van der Waals surface area contributed by atoms with Crippen LogP contribution in [0.4, 0.5) is 4.79 Å². The number of alkyl carbamates (subject to hydrolysis) is 1. The second-order valence-electron chi connectivity index (χ2n) is 14.1. The van der Waals surface area contributed by atoms with Gasteiger partial charge in [-0.15, -0.1) is 11.3 Å². The Morgan fingerprint density at radius 2 is 1.60 bits per heavy atom. The van der Waals surface area contributed by atoms with Crippen LogP contribution in [0.1, 0.15) is 53.6 Å². The second-order valence-corrected chi connectivity index (χ2v) is 16.4. The summed E-state index contributed by atoms with van der Waals surface area (Å²) in [6.45, 7) is 2.24. The van der Waals surface area contributed by atoms with Gasteiger partial charge in [0.2, 0.25) is 5.91 Å². The summed E-state index contributed by atoms with van der Waals surface area (Å²) in [4.78, 5) is 45.0. The normalized spacial score (nSPS) is 20.9. The highest BCUT2D eigenvalue weighted by Crippen LogP contribution is 2.44. The predicted octanol–water partition coefficient (Wildman–Crippen LogP) is 8.59. The molecule has 0 aliphatic carbocycles. The largest absolute Gasteiger partial charge is 0.445 e. The average Bonchev–Trinajstić information content (AvgIpc) is 3.78. The third-order valence-corrected chi connectivity index (χ3v) is 12.6. The van der Waals surface area contributed by atoms with E-state index >= 15 is 0 Å². The van der Waals surface area contributed by atoms with Crippen molar-refractivity contribution in [1.82, 2.24) is 15.2 Å². The van der Waals surface area contributed by atoms with E-state index in [1.165, 1.54) is 4.90 Å². The van der Waals surface area contributed by atoms with Crippen LogP contribution in [0.25, 0.3) is 21.3 Å². The molecular weight excluding hydrogens is 759 g/mol. The Kier molecular flexibility index (Phi) is 11.8. The predicted molar refractivity (Wildman–Crippen MR) is 219 cm³/mol. The topological polar surface area (TPSA) is 127 Å². The molecule has 290 valence electrons. The third kappa shape index (κ3) is 8.80. The number of imide groups is 1. The summed E-state index contributed by atoms with van der Waals surface area (Å²) in [5.74, 6) is -0.119. The first-order chi connectivity index (χ1) is 27.8. The quantitative estimate of drug-likeness (QED) is 0.0925. The fraction of sp³-hybridized carbons (Fsp3) is 0.244. The fourth-order valence-electron chi connectivity index (χ4n) is 7.18. The number of thioether (sulfide) groups is 1. The molecule has 2 fully saturated rings. The van der Waals surface area contributed by atoms with Crippen molar-refractivity contribution in [1.29, 1.82) is 0 Å². The molecule has 2 aliphatic heterocycles. The van der Waals surface area contributed by atoms with E-state index in [1.54, 1.807) is 23.1 Å². The smallest absolute Gasteiger partial charge is 0.408 e. The molecule has 3 heterocycles. The Balaban J connectivity index is 0.965. The molecule has 5 aromatic carbocycles. The number of para-hydroxylation sites is 1. The van der Waals surface area contributed by atoms with Gasteiger partial charge in [0.05, 0.1) is 42.0 Å². The van der Waals surface area contributed by atoms with E-state index in [-0.39, 0.29) is 50.2 Å². The molecule has 0 spiro atoms. The van der Waals surface area contributed by atoms with Crippen molar-refractivity contribution < 1.29 is 33.7 Å². The molecule has 57 heavy (non-hydrogen) atoms. The number of aromatic nitrogens is 1. The Hall–Kier alpha value is -5.37. The molecule has 0 radical (unpaired) electrons. The minimum absolute atomic E-state index is 0.0278. The summed E-state index contributed by atoms with van der Waals surface area (Å²) < 4.78 is 20.8. The molecule has 2 N–H and O–H groups in total. The van der Waals surface area contributed by atoms with E-state index in [0.717, 1.165) is 53.5 Å². The zero-order valence-electron chi connectivity index (χ0n) is 31.2. The molecular formula is C45H41N3O7S2. The van der Waals surface area contributed by atoms with Crippen LogP contribution >= 0.6 is 23.1 Å².